The number of imidazole rings is 1. The zero-order valence-electron chi connectivity index (χ0n) is 11.2. The van der Waals surface area contributed by atoms with E-state index in [2.05, 4.69) is 4.98 Å². The van der Waals surface area contributed by atoms with Crippen LogP contribution in [0.5, 0.6) is 5.75 Å². The number of nitrogens with two attached hydrogens (primary N) is 1. The summed E-state index contributed by atoms with van der Waals surface area (Å²) in [4.78, 5) is 17.9. The van der Waals surface area contributed by atoms with Gasteiger partial charge in [0.05, 0.1) is 5.69 Å². The van der Waals surface area contributed by atoms with Crippen LogP contribution in [0.2, 0.25) is 0 Å². The Kier molecular flexibility index (Phi) is 3.06. The van der Waals surface area contributed by atoms with E-state index in [1.807, 2.05) is 17.7 Å². The van der Waals surface area contributed by atoms with Crippen molar-refractivity contribution in [2.24, 2.45) is 0 Å². The first kappa shape index (κ1) is 12.5. The molecule has 2 aromatic rings. The van der Waals surface area contributed by atoms with Crippen LogP contribution in [-0.4, -0.2) is 28.6 Å². The molecule has 0 bridgehead atoms. The van der Waals surface area contributed by atoms with E-state index in [1.165, 1.54) is 0 Å². The van der Waals surface area contributed by atoms with Gasteiger partial charge < -0.3 is 19.9 Å². The van der Waals surface area contributed by atoms with Crippen LogP contribution < -0.4 is 15.4 Å². The van der Waals surface area contributed by atoms with E-state index in [0.717, 1.165) is 11.5 Å². The Morgan fingerprint density at radius 3 is 3.00 bits per heavy atom. The molecule has 0 fully saturated rings. The van der Waals surface area contributed by atoms with Crippen LogP contribution in [0.4, 0.5) is 11.4 Å². The van der Waals surface area contributed by atoms with Crippen molar-refractivity contribution < 1.29 is 9.53 Å². The molecule has 2 heterocycles. The van der Waals surface area contributed by atoms with Crippen molar-refractivity contribution in [2.75, 3.05) is 23.8 Å². The van der Waals surface area contributed by atoms with Crippen molar-refractivity contribution in [1.29, 1.82) is 0 Å². The van der Waals surface area contributed by atoms with Gasteiger partial charge in [0.2, 0.25) is 0 Å². The van der Waals surface area contributed by atoms with Crippen LogP contribution in [0.3, 0.4) is 0 Å². The third-order valence-electron chi connectivity index (χ3n) is 3.41. The molecular formula is C14H16N4O2. The molecule has 3 rings (SSSR count). The van der Waals surface area contributed by atoms with Crippen molar-refractivity contribution in [3.05, 3.63) is 36.4 Å². The van der Waals surface area contributed by atoms with E-state index in [0.29, 0.717) is 24.5 Å². The lowest BCUT2D eigenvalue weighted by Crippen LogP contribution is -2.40. The number of ether oxygens (including phenoxy) is 1. The number of nitrogens with zero attached hydrogens (tertiary/aromatic N) is 3. The Morgan fingerprint density at radius 2 is 2.25 bits per heavy atom. The quantitative estimate of drug-likeness (QED) is 0.852. The zero-order chi connectivity index (χ0) is 14.1. The lowest BCUT2D eigenvalue weighted by Gasteiger charge is -2.29. The number of benzene rings is 1. The first-order valence-electron chi connectivity index (χ1n) is 6.45. The highest BCUT2D eigenvalue weighted by atomic mass is 16.5. The molecule has 20 heavy (non-hydrogen) atoms. The van der Waals surface area contributed by atoms with E-state index >= 15 is 0 Å². The minimum atomic E-state index is -0.0548. The van der Waals surface area contributed by atoms with E-state index in [4.69, 9.17) is 10.5 Å². The molecule has 6 nitrogen and oxygen atoms in total. The number of carbonyl (C=O) groups is 1. The van der Waals surface area contributed by atoms with Crippen LogP contribution in [0.1, 0.15) is 5.82 Å². The third kappa shape index (κ3) is 2.20. The summed E-state index contributed by atoms with van der Waals surface area (Å²) in [7, 11) is 0. The van der Waals surface area contributed by atoms with Gasteiger partial charge in [0.25, 0.3) is 5.91 Å². The van der Waals surface area contributed by atoms with Crippen LogP contribution in [-0.2, 0) is 11.3 Å². The molecule has 0 aliphatic carbocycles. The second-order valence-electron chi connectivity index (χ2n) is 4.73. The first-order valence-corrected chi connectivity index (χ1v) is 6.45. The Hall–Kier alpha value is -2.50. The second kappa shape index (κ2) is 4.88. The molecule has 1 aromatic heterocycles. The number of nitrogen functional groups attached to an aromatic ring is 1. The molecule has 0 saturated carbocycles. The van der Waals surface area contributed by atoms with Gasteiger partial charge in [0.1, 0.15) is 11.6 Å². The molecule has 0 saturated heterocycles. The monoisotopic (exact) mass is 272 g/mol. The fourth-order valence-electron chi connectivity index (χ4n) is 2.31. The molecule has 1 amide bonds. The highest BCUT2D eigenvalue weighted by molar-refractivity contribution is 5.98. The lowest BCUT2D eigenvalue weighted by molar-refractivity contribution is -0.121. The number of anilines is 2. The molecule has 1 aromatic carbocycles. The Labute approximate surface area is 116 Å². The van der Waals surface area contributed by atoms with Crippen LogP contribution in [0.25, 0.3) is 0 Å². The van der Waals surface area contributed by atoms with Gasteiger partial charge in [0, 0.05) is 31.2 Å². The Morgan fingerprint density at radius 1 is 1.40 bits per heavy atom. The van der Waals surface area contributed by atoms with E-state index < -0.39 is 0 Å². The summed E-state index contributed by atoms with van der Waals surface area (Å²) >= 11 is 0. The first-order chi connectivity index (χ1) is 9.65. The number of hydrogen-bond donors (Lipinski definition) is 1. The molecule has 6 heteroatoms. The molecule has 0 unspecified atom stereocenters. The molecule has 0 spiro atoms. The normalized spacial score (nSPS) is 14.1. The fraction of sp³-hybridized carbons (Fsp3) is 0.286. The largest absolute Gasteiger partial charge is 0.482 e. The number of fused-ring (bicyclic) bond motifs is 1. The number of aromatic nitrogens is 2. The summed E-state index contributed by atoms with van der Waals surface area (Å²) in [5, 5.41) is 0. The van der Waals surface area contributed by atoms with E-state index in [9.17, 15) is 4.79 Å². The summed E-state index contributed by atoms with van der Waals surface area (Å²) in [5.41, 5.74) is 7.15. The highest BCUT2D eigenvalue weighted by Gasteiger charge is 2.25. The van der Waals surface area contributed by atoms with Gasteiger partial charge in [-0.15, -0.1) is 0 Å². The number of amides is 1. The molecule has 1 aliphatic rings. The fourth-order valence-corrected chi connectivity index (χ4v) is 2.31. The van der Waals surface area contributed by atoms with Gasteiger partial charge in [0.15, 0.2) is 6.61 Å². The van der Waals surface area contributed by atoms with Crippen LogP contribution in [0, 0.1) is 6.92 Å². The smallest absolute Gasteiger partial charge is 0.265 e. The molecule has 1 aliphatic heterocycles. The van der Waals surface area contributed by atoms with Crippen LogP contribution >= 0.6 is 0 Å². The van der Waals surface area contributed by atoms with Gasteiger partial charge in [-0.3, -0.25) is 4.79 Å². The second-order valence-corrected chi connectivity index (χ2v) is 4.73. The predicted octanol–water partition coefficient (Wildman–Crippen LogP) is 1.20. The molecule has 104 valence electrons. The Balaban J connectivity index is 1.84. The maximum Gasteiger partial charge on any atom is 0.265 e. The maximum atomic E-state index is 12.0. The molecule has 2 N–H and O–H groups in total. The lowest BCUT2D eigenvalue weighted by atomic mass is 10.2. The van der Waals surface area contributed by atoms with Crippen molar-refractivity contribution in [1.82, 2.24) is 9.55 Å². The summed E-state index contributed by atoms with van der Waals surface area (Å²) < 4.78 is 7.42. The maximum absolute atomic E-state index is 12.0. The molecule has 0 radical (unpaired) electrons. The number of carbonyl (C=O) groups excluding carboxylic acids is 1. The summed E-state index contributed by atoms with van der Waals surface area (Å²) in [6.07, 6.45) is 3.66. The average molecular weight is 272 g/mol. The van der Waals surface area contributed by atoms with E-state index in [1.54, 1.807) is 29.3 Å². The van der Waals surface area contributed by atoms with Crippen molar-refractivity contribution >= 4 is 17.3 Å². The van der Waals surface area contributed by atoms with Crippen LogP contribution in [0.15, 0.2) is 30.6 Å². The Bertz CT molecular complexity index is 650. The minimum Gasteiger partial charge on any atom is -0.482 e. The molecular weight excluding hydrogens is 256 g/mol. The number of aryl methyl sites for hydroxylation is 1. The minimum absolute atomic E-state index is 0.0548. The van der Waals surface area contributed by atoms with Gasteiger partial charge in [-0.1, -0.05) is 0 Å². The average Bonchev–Trinajstić information content (AvgIpc) is 2.83. The standard InChI is InChI=1S/C14H16N4O2/c1-10-16-4-5-17(10)6-7-18-12-8-11(15)2-3-13(12)20-9-14(18)19/h2-5,8H,6-7,9,15H2,1H3. The third-order valence-corrected chi connectivity index (χ3v) is 3.41. The van der Waals surface area contributed by atoms with Gasteiger partial charge in [-0.2, -0.15) is 0 Å². The SMILES string of the molecule is Cc1nccn1CCN1C(=O)COc2ccc(N)cc21. The summed E-state index contributed by atoms with van der Waals surface area (Å²) in [6.45, 7) is 3.26. The highest BCUT2D eigenvalue weighted by Crippen LogP contribution is 2.33. The molecule has 0 atom stereocenters. The van der Waals surface area contributed by atoms with Gasteiger partial charge in [-0.05, 0) is 25.1 Å². The van der Waals surface area contributed by atoms with Crippen molar-refractivity contribution in [2.45, 2.75) is 13.5 Å². The van der Waals surface area contributed by atoms with Crippen molar-refractivity contribution in [3.8, 4) is 5.75 Å². The summed E-state index contributed by atoms with van der Waals surface area (Å²) in [6, 6.07) is 5.34. The topological polar surface area (TPSA) is 73.4 Å². The number of rotatable bonds is 3. The number of hydrogen-bond acceptors (Lipinski definition) is 4. The van der Waals surface area contributed by atoms with Gasteiger partial charge >= 0.3 is 0 Å². The zero-order valence-corrected chi connectivity index (χ0v) is 11.2. The van der Waals surface area contributed by atoms with Crippen molar-refractivity contribution in [3.63, 3.8) is 0 Å². The van der Waals surface area contributed by atoms with Gasteiger partial charge in [-0.25, -0.2) is 4.98 Å². The predicted molar refractivity (Wildman–Crippen MR) is 75.7 cm³/mol. The van der Waals surface area contributed by atoms with E-state index in [-0.39, 0.29) is 12.5 Å². The summed E-state index contributed by atoms with van der Waals surface area (Å²) in [5.74, 6) is 1.57.